The molecule has 0 saturated carbocycles. The zero-order chi connectivity index (χ0) is 17.6. The fraction of sp³-hybridized carbons (Fsp3) is 0.444. The van der Waals surface area contributed by atoms with E-state index in [1.54, 1.807) is 23.0 Å². The average Bonchev–Trinajstić information content (AvgIpc) is 3.08. The summed E-state index contributed by atoms with van der Waals surface area (Å²) in [5.41, 5.74) is 1.72. The molecule has 1 aliphatic rings. The lowest BCUT2D eigenvalue weighted by molar-refractivity contribution is -0.144. The quantitative estimate of drug-likeness (QED) is 0.803. The minimum Gasteiger partial charge on any atom is -0.481 e. The number of ether oxygens (including phenoxy) is 1. The Hall–Kier alpha value is -2.25. The Labute approximate surface area is 145 Å². The third-order valence-electron chi connectivity index (χ3n) is 4.57. The lowest BCUT2D eigenvalue weighted by Gasteiger charge is -2.27. The Bertz CT molecular complexity index is 696. The fourth-order valence-corrected chi connectivity index (χ4v) is 3.13. The van der Waals surface area contributed by atoms with Gasteiger partial charge in [-0.15, -0.1) is 0 Å². The SMILES string of the molecule is O=C(O)C(CNCc1cnn(-c2ccc(F)cc2)c1)C1CCOCC1. The number of hydrogen-bond acceptors (Lipinski definition) is 4. The molecule has 1 aliphatic heterocycles. The zero-order valence-electron chi connectivity index (χ0n) is 13.9. The van der Waals surface area contributed by atoms with Crippen molar-refractivity contribution in [2.75, 3.05) is 19.8 Å². The second-order valence-electron chi connectivity index (χ2n) is 6.30. The predicted molar refractivity (Wildman–Crippen MR) is 89.9 cm³/mol. The number of carboxylic acids is 1. The minimum absolute atomic E-state index is 0.153. The third kappa shape index (κ3) is 4.64. The first kappa shape index (κ1) is 17.6. The van der Waals surface area contributed by atoms with Gasteiger partial charge in [0.1, 0.15) is 5.82 Å². The van der Waals surface area contributed by atoms with Gasteiger partial charge in [-0.25, -0.2) is 9.07 Å². The van der Waals surface area contributed by atoms with E-state index in [1.165, 1.54) is 12.1 Å². The normalized spacial score (nSPS) is 16.7. The molecule has 0 bridgehead atoms. The molecular formula is C18H22FN3O3. The lowest BCUT2D eigenvalue weighted by atomic mass is 9.86. The Morgan fingerprint density at radius 2 is 2.08 bits per heavy atom. The number of aromatic nitrogens is 2. The molecule has 2 aromatic rings. The van der Waals surface area contributed by atoms with E-state index in [-0.39, 0.29) is 11.7 Å². The van der Waals surface area contributed by atoms with E-state index in [4.69, 9.17) is 4.74 Å². The summed E-state index contributed by atoms with van der Waals surface area (Å²) in [6, 6.07) is 6.09. The van der Waals surface area contributed by atoms with Gasteiger partial charge in [0, 0.05) is 38.1 Å². The molecule has 2 N–H and O–H groups in total. The van der Waals surface area contributed by atoms with Crippen molar-refractivity contribution in [1.29, 1.82) is 0 Å². The van der Waals surface area contributed by atoms with Crippen LogP contribution in [0.5, 0.6) is 0 Å². The first-order chi connectivity index (χ1) is 12.1. The predicted octanol–water partition coefficient (Wildman–Crippen LogP) is 2.23. The maximum absolute atomic E-state index is 13.0. The van der Waals surface area contributed by atoms with E-state index < -0.39 is 11.9 Å². The van der Waals surface area contributed by atoms with Gasteiger partial charge >= 0.3 is 5.97 Å². The third-order valence-corrected chi connectivity index (χ3v) is 4.57. The molecule has 1 aromatic carbocycles. The number of carboxylic acid groups (broad SMARTS) is 1. The number of hydrogen-bond donors (Lipinski definition) is 2. The molecule has 0 radical (unpaired) electrons. The molecule has 0 spiro atoms. The molecule has 1 atom stereocenters. The number of halogens is 1. The highest BCUT2D eigenvalue weighted by molar-refractivity contribution is 5.70. The summed E-state index contributed by atoms with van der Waals surface area (Å²) >= 11 is 0. The molecule has 1 fully saturated rings. The van der Waals surface area contributed by atoms with E-state index in [2.05, 4.69) is 10.4 Å². The van der Waals surface area contributed by atoms with Gasteiger partial charge in [0.15, 0.2) is 0 Å². The van der Waals surface area contributed by atoms with Crippen LogP contribution in [-0.2, 0) is 16.1 Å². The number of nitrogens with zero attached hydrogens (tertiary/aromatic N) is 2. The fourth-order valence-electron chi connectivity index (χ4n) is 3.13. The molecule has 2 heterocycles. The number of carbonyl (C=O) groups is 1. The summed E-state index contributed by atoms with van der Waals surface area (Å²) in [6.45, 7) is 2.23. The molecule has 134 valence electrons. The molecule has 1 aromatic heterocycles. The lowest BCUT2D eigenvalue weighted by Crippen LogP contribution is -2.36. The van der Waals surface area contributed by atoms with Crippen molar-refractivity contribution in [2.45, 2.75) is 19.4 Å². The smallest absolute Gasteiger partial charge is 0.308 e. The van der Waals surface area contributed by atoms with Crippen LogP contribution in [0.15, 0.2) is 36.7 Å². The standard InChI is InChI=1S/C18H22FN3O3/c19-15-1-3-16(4-2-15)22-12-13(10-21-22)9-20-11-17(18(23)24)14-5-7-25-8-6-14/h1-4,10,12,14,17,20H,5-9,11H2,(H,23,24). The summed E-state index contributed by atoms with van der Waals surface area (Å²) in [6.07, 6.45) is 5.16. The highest BCUT2D eigenvalue weighted by atomic mass is 19.1. The topological polar surface area (TPSA) is 76.4 Å². The maximum atomic E-state index is 13.0. The zero-order valence-corrected chi connectivity index (χ0v) is 13.9. The van der Waals surface area contributed by atoms with Crippen LogP contribution in [0.3, 0.4) is 0 Å². The van der Waals surface area contributed by atoms with E-state index >= 15 is 0 Å². The molecule has 7 heteroatoms. The number of aliphatic carboxylic acids is 1. The first-order valence-corrected chi connectivity index (χ1v) is 8.44. The van der Waals surface area contributed by atoms with Crippen LogP contribution in [0.2, 0.25) is 0 Å². The van der Waals surface area contributed by atoms with Crippen molar-refractivity contribution >= 4 is 5.97 Å². The number of benzene rings is 1. The van der Waals surface area contributed by atoms with Crippen molar-refractivity contribution in [2.24, 2.45) is 11.8 Å². The van der Waals surface area contributed by atoms with Crippen LogP contribution in [-0.4, -0.2) is 40.6 Å². The van der Waals surface area contributed by atoms with Crippen molar-refractivity contribution < 1.29 is 19.0 Å². The molecule has 0 amide bonds. The molecule has 25 heavy (non-hydrogen) atoms. The van der Waals surface area contributed by atoms with Gasteiger partial charge in [-0.2, -0.15) is 5.10 Å². The van der Waals surface area contributed by atoms with E-state index in [0.717, 1.165) is 24.1 Å². The summed E-state index contributed by atoms with van der Waals surface area (Å²) in [5.74, 6) is -1.30. The van der Waals surface area contributed by atoms with Crippen molar-refractivity contribution in [3.63, 3.8) is 0 Å². The molecule has 3 rings (SSSR count). The second-order valence-corrected chi connectivity index (χ2v) is 6.30. The summed E-state index contributed by atoms with van der Waals surface area (Å²) in [5, 5.41) is 16.9. The summed E-state index contributed by atoms with van der Waals surface area (Å²) in [7, 11) is 0. The molecule has 1 unspecified atom stereocenters. The highest BCUT2D eigenvalue weighted by Crippen LogP contribution is 2.23. The molecular weight excluding hydrogens is 325 g/mol. The van der Waals surface area contributed by atoms with Gasteiger partial charge < -0.3 is 15.2 Å². The maximum Gasteiger partial charge on any atom is 0.308 e. The van der Waals surface area contributed by atoms with Crippen molar-refractivity contribution in [3.8, 4) is 5.69 Å². The van der Waals surface area contributed by atoms with Crippen molar-refractivity contribution in [3.05, 3.63) is 48.0 Å². The van der Waals surface area contributed by atoms with Gasteiger partial charge in [-0.05, 0) is 43.0 Å². The molecule has 1 saturated heterocycles. The van der Waals surface area contributed by atoms with Gasteiger partial charge in [-0.3, -0.25) is 4.79 Å². The summed E-state index contributed by atoms with van der Waals surface area (Å²) < 4.78 is 20.0. The number of nitrogens with one attached hydrogen (secondary N) is 1. The van der Waals surface area contributed by atoms with Crippen LogP contribution in [0.25, 0.3) is 5.69 Å². The Kier molecular flexibility index (Phi) is 5.78. The van der Waals surface area contributed by atoms with Crippen LogP contribution < -0.4 is 5.32 Å². The van der Waals surface area contributed by atoms with Gasteiger partial charge in [0.2, 0.25) is 0 Å². The van der Waals surface area contributed by atoms with E-state index in [0.29, 0.717) is 26.3 Å². The Morgan fingerprint density at radius 3 is 2.76 bits per heavy atom. The van der Waals surface area contributed by atoms with Gasteiger partial charge in [0.05, 0.1) is 17.8 Å². The van der Waals surface area contributed by atoms with E-state index in [9.17, 15) is 14.3 Å². The molecule has 0 aliphatic carbocycles. The van der Waals surface area contributed by atoms with Crippen LogP contribution in [0.1, 0.15) is 18.4 Å². The summed E-state index contributed by atoms with van der Waals surface area (Å²) in [4.78, 5) is 11.5. The van der Waals surface area contributed by atoms with Crippen LogP contribution >= 0.6 is 0 Å². The first-order valence-electron chi connectivity index (χ1n) is 8.44. The Balaban J connectivity index is 1.54. The Morgan fingerprint density at radius 1 is 1.36 bits per heavy atom. The van der Waals surface area contributed by atoms with Crippen LogP contribution in [0, 0.1) is 17.7 Å². The van der Waals surface area contributed by atoms with Gasteiger partial charge in [0.25, 0.3) is 0 Å². The highest BCUT2D eigenvalue weighted by Gasteiger charge is 2.29. The average molecular weight is 347 g/mol. The largest absolute Gasteiger partial charge is 0.481 e. The van der Waals surface area contributed by atoms with E-state index in [1.807, 2.05) is 6.20 Å². The minimum atomic E-state index is -0.763. The second kappa shape index (κ2) is 8.22. The van der Waals surface area contributed by atoms with Crippen LogP contribution in [0.4, 0.5) is 4.39 Å². The number of rotatable bonds is 7. The van der Waals surface area contributed by atoms with Gasteiger partial charge in [-0.1, -0.05) is 0 Å². The van der Waals surface area contributed by atoms with Crippen molar-refractivity contribution in [1.82, 2.24) is 15.1 Å². The molecule has 6 nitrogen and oxygen atoms in total. The monoisotopic (exact) mass is 347 g/mol.